The molecule has 0 spiro atoms. The molecule has 4 atom stereocenters. The predicted molar refractivity (Wildman–Crippen MR) is 254 cm³/mol. The monoisotopic (exact) mass is 895 g/mol. The van der Waals surface area contributed by atoms with Crippen LogP contribution in [0.5, 0.6) is 23.0 Å². The molecule has 4 aliphatic heterocycles. The Kier molecular flexibility index (Phi) is 16.6. The van der Waals surface area contributed by atoms with E-state index in [9.17, 15) is 34.8 Å². The minimum Gasteiger partial charge on any atom is -0.508 e. The van der Waals surface area contributed by atoms with Crippen LogP contribution >= 0.6 is 0 Å². The Hall–Kier alpha value is -6.37. The van der Waals surface area contributed by atoms with Gasteiger partial charge in [-0.1, -0.05) is 24.3 Å². The van der Waals surface area contributed by atoms with Crippen molar-refractivity contribution in [1.82, 2.24) is 0 Å². The minimum atomic E-state index is -0.790. The Bertz CT molecular complexity index is 2320. The summed E-state index contributed by atoms with van der Waals surface area (Å²) < 4.78 is 10.7. The van der Waals surface area contributed by atoms with Crippen molar-refractivity contribution in [2.75, 3.05) is 46.7 Å². The van der Waals surface area contributed by atoms with Crippen molar-refractivity contribution in [2.24, 2.45) is 22.9 Å². The van der Waals surface area contributed by atoms with Crippen LogP contribution in [0.3, 0.4) is 0 Å². The van der Waals surface area contributed by atoms with Crippen molar-refractivity contribution >= 4 is 49.3 Å². The van der Waals surface area contributed by atoms with Crippen LogP contribution < -0.4 is 43.0 Å². The summed E-state index contributed by atoms with van der Waals surface area (Å²) in [5, 5.41) is 40.9. The predicted octanol–water partition coefficient (Wildman–Crippen LogP) is 4.58. The van der Waals surface area contributed by atoms with Crippen molar-refractivity contribution in [3.05, 3.63) is 95.1 Å². The van der Waals surface area contributed by atoms with E-state index < -0.39 is 35.3 Å². The molecule has 0 aromatic heterocycles. The lowest BCUT2D eigenvalue weighted by Gasteiger charge is -2.28. The molecule has 17 nitrogen and oxygen atoms in total. The summed E-state index contributed by atoms with van der Waals surface area (Å²) in [5.41, 5.74) is 28.6. The maximum atomic E-state index is 12.3. The number of hydrogen-bond acceptors (Lipinski definition) is 14. The van der Waals surface area contributed by atoms with Gasteiger partial charge in [0, 0.05) is 89.2 Å². The van der Waals surface area contributed by atoms with Crippen LogP contribution in [-0.2, 0) is 40.0 Å². The van der Waals surface area contributed by atoms with Crippen LogP contribution in [-0.4, -0.2) is 109 Å². The molecule has 13 N–H and O–H groups in total. The van der Waals surface area contributed by atoms with Gasteiger partial charge < -0.3 is 63.1 Å². The zero-order valence-electron chi connectivity index (χ0n) is 38.2. The molecule has 0 unspecified atom stereocenters. The molecule has 0 fully saturated rings. The summed E-state index contributed by atoms with van der Waals surface area (Å²) in [6.45, 7) is 12.3. The molecule has 349 valence electrons. The normalized spacial score (nSPS) is 18.6. The number of ether oxygens (including phenoxy) is 2. The first-order valence-electron chi connectivity index (χ1n) is 21.2. The topological polar surface area (TPSA) is 276 Å². The molecule has 0 aliphatic carbocycles. The van der Waals surface area contributed by atoms with Crippen LogP contribution in [0.25, 0.3) is 0 Å². The number of hydrogen-bond donors (Lipinski definition) is 9. The number of carbonyl (C=O) groups is 3. The molecule has 0 bridgehead atoms. The van der Waals surface area contributed by atoms with Gasteiger partial charge in [-0.25, -0.2) is 9.59 Å². The molecular weight excluding hydrogens is 831 g/mol. The van der Waals surface area contributed by atoms with Crippen LogP contribution in [0.1, 0.15) is 63.8 Å². The molecule has 4 heterocycles. The standard InChI is InChI=1S/C14H18N2O4.C14H20N2O3.C10H14N2O.C9H12N2O.B/c1-14(2,3)20-13(19)16-10-7-9(17)5-4-8(10)6-11(16)12(15)18;1-14(2,3)19-13(18)16-10(8-15)6-9-4-5-11(17)7-12(9)16;1-12-8(6-11)4-7-2-3-9(13)5-10(7)12;10-5-7-3-6-1-2-8(12)4-9(6)11-7;/h4-5,7,11,17H,6H2,1-3H3,(H2,15,18);4-5,7,10,17H,6,8,15H2,1-3H3;2-3,5,8,13H,4,6,11H2,1H3;1-2,4,7,11-12H,3,5,10H2;/t11-;10-;8-;7-;/m0000./s1. The fourth-order valence-corrected chi connectivity index (χ4v) is 7.86. The Morgan fingerprint density at radius 3 is 1.49 bits per heavy atom. The highest BCUT2D eigenvalue weighted by molar-refractivity contribution is 6.00. The number of amides is 3. The average molecular weight is 896 g/mol. The fraction of sp³-hybridized carbons (Fsp3) is 0.426. The average Bonchev–Trinajstić information content (AvgIpc) is 3.98. The van der Waals surface area contributed by atoms with Gasteiger partial charge in [0.2, 0.25) is 5.91 Å². The number of nitrogens with two attached hydrogens (primary N) is 4. The lowest BCUT2D eigenvalue weighted by molar-refractivity contribution is -0.119. The molecule has 3 radical (unpaired) electrons. The number of phenols is 4. The maximum absolute atomic E-state index is 12.3. The highest BCUT2D eigenvalue weighted by Gasteiger charge is 2.40. The molecule has 4 aromatic carbocycles. The van der Waals surface area contributed by atoms with E-state index in [1.165, 1.54) is 28.2 Å². The van der Waals surface area contributed by atoms with Gasteiger partial charge in [-0.15, -0.1) is 0 Å². The minimum absolute atomic E-state index is 0. The maximum Gasteiger partial charge on any atom is 0.415 e. The first kappa shape index (κ1) is 51.3. The van der Waals surface area contributed by atoms with E-state index in [-0.39, 0.29) is 26.0 Å². The Balaban J connectivity index is 0.000000193. The van der Waals surface area contributed by atoms with Crippen molar-refractivity contribution in [2.45, 2.75) is 103 Å². The van der Waals surface area contributed by atoms with Crippen LogP contribution in [0.15, 0.2) is 72.8 Å². The summed E-state index contributed by atoms with van der Waals surface area (Å²) in [5.74, 6) is 0.168. The summed E-state index contributed by atoms with van der Waals surface area (Å²) in [6.07, 6.45) is 1.89. The van der Waals surface area contributed by atoms with Crippen molar-refractivity contribution in [3.63, 3.8) is 0 Å². The number of carbonyl (C=O) groups excluding carboxylic acids is 3. The van der Waals surface area contributed by atoms with Crippen LogP contribution in [0.2, 0.25) is 0 Å². The highest BCUT2D eigenvalue weighted by atomic mass is 16.6. The van der Waals surface area contributed by atoms with Gasteiger partial charge in [0.15, 0.2) is 0 Å². The van der Waals surface area contributed by atoms with E-state index in [0.29, 0.717) is 67.4 Å². The van der Waals surface area contributed by atoms with Crippen LogP contribution in [0, 0.1) is 0 Å². The summed E-state index contributed by atoms with van der Waals surface area (Å²) >= 11 is 0. The van der Waals surface area contributed by atoms with Gasteiger partial charge in [-0.05, 0) is 107 Å². The van der Waals surface area contributed by atoms with E-state index in [4.69, 9.17) is 32.4 Å². The van der Waals surface area contributed by atoms with E-state index >= 15 is 0 Å². The summed E-state index contributed by atoms with van der Waals surface area (Å²) in [4.78, 5) is 41.0. The molecule has 0 saturated carbocycles. The number of anilines is 4. The Morgan fingerprint density at radius 1 is 0.600 bits per heavy atom. The second-order valence-electron chi connectivity index (χ2n) is 18.2. The largest absolute Gasteiger partial charge is 0.508 e. The first-order chi connectivity index (χ1) is 30.0. The Labute approximate surface area is 382 Å². The summed E-state index contributed by atoms with van der Waals surface area (Å²) in [6, 6.07) is 20.3. The summed E-state index contributed by atoms with van der Waals surface area (Å²) in [7, 11) is 2.02. The molecule has 0 saturated heterocycles. The van der Waals surface area contributed by atoms with Crippen LogP contribution in [0.4, 0.5) is 32.3 Å². The van der Waals surface area contributed by atoms with Gasteiger partial charge in [0.25, 0.3) is 0 Å². The number of aromatic hydroxyl groups is 4. The van der Waals surface area contributed by atoms with Gasteiger partial charge in [0.05, 0.1) is 17.4 Å². The number of nitrogens with zero attached hydrogens (tertiary/aromatic N) is 3. The van der Waals surface area contributed by atoms with E-state index in [2.05, 4.69) is 10.2 Å². The third-order valence-corrected chi connectivity index (χ3v) is 10.9. The van der Waals surface area contributed by atoms with Gasteiger partial charge >= 0.3 is 12.2 Å². The first-order valence-corrected chi connectivity index (χ1v) is 21.2. The smallest absolute Gasteiger partial charge is 0.415 e. The number of primary amides is 1. The number of likely N-dealkylation sites (N-methyl/N-ethyl adjacent to an activating group) is 1. The number of fused-ring (bicyclic) bond motifs is 4. The highest BCUT2D eigenvalue weighted by Crippen LogP contribution is 2.38. The SMILES string of the molecule is CC(C)(C)OC(=O)N1c2cc(O)ccc2C[C@H]1C(N)=O.CC(C)(C)OC(=O)N1c2cc(O)ccc2C[C@H]1CN.CN1c2cc(O)ccc2C[C@H]1CN.NC[C@@H]1Cc2ccc(O)cc2N1.[B]. The number of rotatable bonds is 4. The lowest BCUT2D eigenvalue weighted by Crippen LogP contribution is -2.47. The molecule has 4 aromatic rings. The van der Waals surface area contributed by atoms with E-state index in [1.54, 1.807) is 68.1 Å². The van der Waals surface area contributed by atoms with Crippen molar-refractivity contribution in [1.29, 1.82) is 0 Å². The Morgan fingerprint density at radius 2 is 1.02 bits per heavy atom. The molecule has 8 rings (SSSR count). The molecule has 3 amide bonds. The molecule has 65 heavy (non-hydrogen) atoms. The van der Waals surface area contributed by atoms with E-state index in [1.807, 2.05) is 46.0 Å². The number of phenolic OH excluding ortho intramolecular Hbond substituents is 4. The molecule has 18 heteroatoms. The fourth-order valence-electron chi connectivity index (χ4n) is 7.86. The number of benzene rings is 4. The van der Waals surface area contributed by atoms with Crippen molar-refractivity contribution < 1.29 is 44.3 Å². The molecular formula is C47H64BN8O9. The van der Waals surface area contributed by atoms with Gasteiger partial charge in [-0.2, -0.15) is 0 Å². The van der Waals surface area contributed by atoms with Crippen molar-refractivity contribution in [3.8, 4) is 23.0 Å². The quantitative estimate of drug-likeness (QED) is 0.127. The second-order valence-corrected chi connectivity index (χ2v) is 18.2. The van der Waals surface area contributed by atoms with Gasteiger partial charge in [0.1, 0.15) is 40.2 Å². The third kappa shape index (κ3) is 12.9. The number of nitrogens with one attached hydrogen (secondary N) is 1. The third-order valence-electron chi connectivity index (χ3n) is 10.9. The zero-order chi connectivity index (χ0) is 47.3. The zero-order valence-corrected chi connectivity index (χ0v) is 38.2. The molecule has 4 aliphatic rings. The van der Waals surface area contributed by atoms with Gasteiger partial charge in [-0.3, -0.25) is 14.6 Å². The second kappa shape index (κ2) is 21.1. The lowest BCUT2D eigenvalue weighted by atomic mass is 10.1. The van der Waals surface area contributed by atoms with E-state index in [0.717, 1.165) is 35.3 Å².